The average molecular weight is 242 g/mol. The van der Waals surface area contributed by atoms with E-state index in [1.54, 1.807) is 0 Å². The maximum absolute atomic E-state index is 11.7. The van der Waals surface area contributed by atoms with Crippen LogP contribution in [0.15, 0.2) is 16.3 Å². The van der Waals surface area contributed by atoms with Gasteiger partial charge in [-0.25, -0.2) is 13.1 Å². The molecule has 1 fully saturated rings. The molecule has 0 aliphatic heterocycles. The van der Waals surface area contributed by atoms with Crippen LogP contribution in [0.5, 0.6) is 0 Å². The van der Waals surface area contributed by atoms with Gasteiger partial charge in [-0.05, 0) is 24.5 Å². The van der Waals surface area contributed by atoms with Crippen molar-refractivity contribution in [3.05, 3.63) is 17.0 Å². The molecule has 1 aliphatic rings. The van der Waals surface area contributed by atoms with E-state index in [9.17, 15) is 8.42 Å². The lowest BCUT2D eigenvalue weighted by Crippen LogP contribution is -2.26. The maximum Gasteiger partial charge on any atom is 0.250 e. The van der Waals surface area contributed by atoms with E-state index < -0.39 is 10.0 Å². The molecule has 0 spiro atoms. The molecule has 6 heteroatoms. The molecule has 1 aromatic heterocycles. The Bertz CT molecular complexity index is 512. The van der Waals surface area contributed by atoms with Crippen molar-refractivity contribution in [2.45, 2.75) is 23.6 Å². The third-order valence-electron chi connectivity index (χ3n) is 2.37. The summed E-state index contributed by atoms with van der Waals surface area (Å²) in [5.74, 6) is 0.426. The van der Waals surface area contributed by atoms with Crippen molar-refractivity contribution in [3.8, 4) is 6.07 Å². The van der Waals surface area contributed by atoms with Crippen molar-refractivity contribution in [1.29, 1.82) is 5.26 Å². The van der Waals surface area contributed by atoms with Gasteiger partial charge < -0.3 is 0 Å². The van der Waals surface area contributed by atoms with Crippen LogP contribution in [0.1, 0.15) is 18.2 Å². The van der Waals surface area contributed by atoms with Gasteiger partial charge in [0.05, 0.1) is 0 Å². The molecule has 0 amide bonds. The molecule has 1 N–H and O–H groups in total. The van der Waals surface area contributed by atoms with Crippen LogP contribution in [-0.4, -0.2) is 14.5 Å². The van der Waals surface area contributed by atoms with Gasteiger partial charge in [-0.2, -0.15) is 5.26 Å². The second-order valence-corrected chi connectivity index (χ2v) is 6.70. The summed E-state index contributed by atoms with van der Waals surface area (Å²) >= 11 is 0.999. The number of nitriles is 1. The smallest absolute Gasteiger partial charge is 0.207 e. The molecule has 2 atom stereocenters. The number of hydrogen-bond acceptors (Lipinski definition) is 4. The van der Waals surface area contributed by atoms with Crippen molar-refractivity contribution in [2.24, 2.45) is 5.92 Å². The summed E-state index contributed by atoms with van der Waals surface area (Å²) < 4.78 is 26.3. The van der Waals surface area contributed by atoms with Gasteiger partial charge in [-0.1, -0.05) is 6.92 Å². The van der Waals surface area contributed by atoms with Crippen molar-refractivity contribution < 1.29 is 8.42 Å². The quantitative estimate of drug-likeness (QED) is 0.868. The first-order chi connectivity index (χ1) is 7.03. The van der Waals surface area contributed by atoms with E-state index >= 15 is 0 Å². The van der Waals surface area contributed by atoms with Crippen molar-refractivity contribution in [2.75, 3.05) is 0 Å². The van der Waals surface area contributed by atoms with Crippen molar-refractivity contribution in [3.63, 3.8) is 0 Å². The number of hydrogen-bond donors (Lipinski definition) is 1. The number of nitrogens with zero attached hydrogens (tertiary/aromatic N) is 1. The Morgan fingerprint density at radius 1 is 1.60 bits per heavy atom. The van der Waals surface area contributed by atoms with Gasteiger partial charge >= 0.3 is 0 Å². The monoisotopic (exact) mass is 242 g/mol. The Kier molecular flexibility index (Phi) is 2.54. The first-order valence-corrected chi connectivity index (χ1v) is 6.85. The molecular formula is C9H10N2O2S2. The van der Waals surface area contributed by atoms with Crippen LogP contribution >= 0.6 is 11.3 Å². The molecule has 2 unspecified atom stereocenters. The zero-order valence-corrected chi connectivity index (χ0v) is 9.73. The number of rotatable bonds is 3. The highest BCUT2D eigenvalue weighted by Crippen LogP contribution is 2.31. The zero-order valence-electron chi connectivity index (χ0n) is 8.10. The maximum atomic E-state index is 11.7. The fourth-order valence-corrected chi connectivity index (χ4v) is 3.75. The lowest BCUT2D eigenvalue weighted by Gasteiger charge is -2.01. The molecule has 1 aliphatic carbocycles. The van der Waals surface area contributed by atoms with Crippen molar-refractivity contribution >= 4 is 21.4 Å². The number of thiophene rings is 1. The minimum absolute atomic E-state index is 0.0719. The van der Waals surface area contributed by atoms with Crippen LogP contribution in [0.3, 0.4) is 0 Å². The summed E-state index contributed by atoms with van der Waals surface area (Å²) in [7, 11) is -3.40. The largest absolute Gasteiger partial charge is 0.250 e. The van der Waals surface area contributed by atoms with Crippen molar-refractivity contribution in [1.82, 2.24) is 4.72 Å². The Balaban J connectivity index is 2.18. The van der Waals surface area contributed by atoms with Gasteiger partial charge in [-0.3, -0.25) is 0 Å². The van der Waals surface area contributed by atoms with E-state index in [-0.39, 0.29) is 10.3 Å². The molecule has 1 aromatic rings. The highest BCUT2D eigenvalue weighted by Gasteiger charge is 2.36. The highest BCUT2D eigenvalue weighted by molar-refractivity contribution is 7.91. The normalized spacial score (nSPS) is 24.8. The molecule has 4 nitrogen and oxygen atoms in total. The lowest BCUT2D eigenvalue weighted by molar-refractivity contribution is 0.580. The molecule has 0 bridgehead atoms. The summed E-state index contributed by atoms with van der Waals surface area (Å²) in [6, 6.07) is 4.99. The molecule has 2 rings (SSSR count). The molecular weight excluding hydrogens is 232 g/mol. The molecule has 0 saturated heterocycles. The van der Waals surface area contributed by atoms with Gasteiger partial charge in [0.2, 0.25) is 10.0 Å². The summed E-state index contributed by atoms with van der Waals surface area (Å²) in [6.07, 6.45) is 0.899. The standard InChI is InChI=1S/C9H10N2O2S2/c1-6-4-8(6)11-15(12,13)9-3-2-7(5-10)14-9/h2-3,6,8,11H,4H2,1H3. The fourth-order valence-electron chi connectivity index (χ4n) is 1.27. The number of nitrogens with one attached hydrogen (secondary N) is 1. The zero-order chi connectivity index (χ0) is 11.1. The SMILES string of the molecule is CC1CC1NS(=O)(=O)c1ccc(C#N)s1. The average Bonchev–Trinajstić information content (AvgIpc) is 2.72. The summed E-state index contributed by atoms with van der Waals surface area (Å²) in [4.78, 5) is 0.416. The Morgan fingerprint density at radius 3 is 2.73 bits per heavy atom. The molecule has 0 radical (unpaired) electrons. The highest BCUT2D eigenvalue weighted by atomic mass is 32.2. The Morgan fingerprint density at radius 2 is 2.27 bits per heavy atom. The Hall–Kier alpha value is -0.900. The Labute approximate surface area is 92.6 Å². The third kappa shape index (κ3) is 2.20. The van der Waals surface area contributed by atoms with Gasteiger partial charge in [0.1, 0.15) is 15.2 Å². The predicted octanol–water partition coefficient (Wildman–Crippen LogP) is 1.31. The van der Waals surface area contributed by atoms with E-state index in [1.807, 2.05) is 13.0 Å². The van der Waals surface area contributed by atoms with Crippen LogP contribution < -0.4 is 4.72 Å². The fraction of sp³-hybridized carbons (Fsp3) is 0.444. The second-order valence-electron chi connectivity index (χ2n) is 3.67. The lowest BCUT2D eigenvalue weighted by atomic mass is 10.5. The van der Waals surface area contributed by atoms with E-state index in [0.29, 0.717) is 10.8 Å². The first kappa shape index (κ1) is 10.6. The van der Waals surface area contributed by atoms with Gasteiger partial charge in [0.15, 0.2) is 0 Å². The van der Waals surface area contributed by atoms with E-state index in [2.05, 4.69) is 4.72 Å². The summed E-state index contributed by atoms with van der Waals surface area (Å²) in [5.41, 5.74) is 0. The first-order valence-electron chi connectivity index (χ1n) is 4.55. The molecule has 80 valence electrons. The van der Waals surface area contributed by atoms with Gasteiger partial charge in [0.25, 0.3) is 0 Å². The molecule has 15 heavy (non-hydrogen) atoms. The molecule has 0 aromatic carbocycles. The van der Waals surface area contributed by atoms with Crippen LogP contribution in [0.25, 0.3) is 0 Å². The molecule has 1 saturated carbocycles. The van der Waals surface area contributed by atoms with E-state index in [1.165, 1.54) is 12.1 Å². The van der Waals surface area contributed by atoms with E-state index in [0.717, 1.165) is 17.8 Å². The molecule has 1 heterocycles. The summed E-state index contributed by atoms with van der Waals surface area (Å²) in [5, 5.41) is 8.60. The predicted molar refractivity (Wildman–Crippen MR) is 56.9 cm³/mol. The second kappa shape index (κ2) is 3.59. The van der Waals surface area contributed by atoms with E-state index in [4.69, 9.17) is 5.26 Å². The van der Waals surface area contributed by atoms with Gasteiger partial charge in [0, 0.05) is 6.04 Å². The number of sulfonamides is 1. The summed E-state index contributed by atoms with van der Waals surface area (Å²) in [6.45, 7) is 2.00. The minimum atomic E-state index is -3.40. The van der Waals surface area contributed by atoms with Gasteiger partial charge in [-0.15, -0.1) is 11.3 Å². The van der Waals surface area contributed by atoms with Crippen LogP contribution in [-0.2, 0) is 10.0 Å². The van der Waals surface area contributed by atoms with Crippen LogP contribution in [0.2, 0.25) is 0 Å². The van der Waals surface area contributed by atoms with Crippen LogP contribution in [0, 0.1) is 17.2 Å². The minimum Gasteiger partial charge on any atom is -0.207 e. The van der Waals surface area contributed by atoms with Crippen LogP contribution in [0.4, 0.5) is 0 Å². The topological polar surface area (TPSA) is 70.0 Å². The third-order valence-corrected chi connectivity index (χ3v) is 5.34.